The van der Waals surface area contributed by atoms with Crippen molar-refractivity contribution in [3.63, 3.8) is 0 Å². The van der Waals surface area contributed by atoms with E-state index in [1.165, 1.54) is 11.0 Å². The molecule has 0 aliphatic heterocycles. The molecule has 1 aromatic rings. The number of aliphatic hydroxyl groups is 1. The van der Waals surface area contributed by atoms with Crippen molar-refractivity contribution in [3.8, 4) is 0 Å². The highest BCUT2D eigenvalue weighted by Gasteiger charge is 2.38. The number of tetrazole rings is 1. The molecular formula is C14H24N6O4. The van der Waals surface area contributed by atoms with Gasteiger partial charge in [0.1, 0.15) is 6.33 Å². The second kappa shape index (κ2) is 8.69. The summed E-state index contributed by atoms with van der Waals surface area (Å²) >= 11 is 0. The van der Waals surface area contributed by atoms with Gasteiger partial charge in [0.15, 0.2) is 0 Å². The lowest BCUT2D eigenvalue weighted by atomic mass is 10.1. The van der Waals surface area contributed by atoms with Crippen molar-refractivity contribution >= 4 is 11.8 Å². The third-order valence-electron chi connectivity index (χ3n) is 4.19. The zero-order valence-electron chi connectivity index (χ0n) is 14.0. The van der Waals surface area contributed by atoms with E-state index in [9.17, 15) is 14.7 Å². The average molecular weight is 340 g/mol. The molecule has 1 fully saturated rings. The standard InChI is InChI=1S/C14H24N6O4/c1-19(5-6-24-2)14(23)10-7-11(12(21)8-10)16-13(22)3-4-20-9-15-17-18-20/h9-12,21H,3-8H2,1-2H3,(H,16,22)/t10-,11+,12+/m0/s1. The minimum absolute atomic E-state index is 0.0310. The minimum Gasteiger partial charge on any atom is -0.391 e. The van der Waals surface area contributed by atoms with Gasteiger partial charge in [0.2, 0.25) is 11.8 Å². The first-order valence-electron chi connectivity index (χ1n) is 7.93. The maximum absolute atomic E-state index is 12.3. The summed E-state index contributed by atoms with van der Waals surface area (Å²) in [6, 6.07) is -0.406. The number of rotatable bonds is 8. The zero-order valence-corrected chi connectivity index (χ0v) is 14.0. The van der Waals surface area contributed by atoms with Crippen LogP contribution in [0.3, 0.4) is 0 Å². The normalized spacial score (nSPS) is 23.2. The van der Waals surface area contributed by atoms with Gasteiger partial charge in [-0.25, -0.2) is 4.68 Å². The van der Waals surface area contributed by atoms with E-state index in [4.69, 9.17) is 4.74 Å². The number of ether oxygens (including phenoxy) is 1. The Bertz CT molecular complexity index is 537. The molecule has 0 aromatic carbocycles. The second-order valence-electron chi connectivity index (χ2n) is 5.99. The number of hydrogen-bond donors (Lipinski definition) is 2. The third kappa shape index (κ3) is 4.96. The number of carbonyl (C=O) groups is 2. The fourth-order valence-electron chi connectivity index (χ4n) is 2.80. The first-order valence-corrected chi connectivity index (χ1v) is 7.93. The second-order valence-corrected chi connectivity index (χ2v) is 5.99. The van der Waals surface area contributed by atoms with Crippen LogP contribution in [0.2, 0.25) is 0 Å². The van der Waals surface area contributed by atoms with Crippen molar-refractivity contribution in [1.29, 1.82) is 0 Å². The van der Waals surface area contributed by atoms with Crippen LogP contribution in [0.25, 0.3) is 0 Å². The van der Waals surface area contributed by atoms with Crippen LogP contribution in [-0.4, -0.2) is 81.5 Å². The average Bonchev–Trinajstić information content (AvgIpc) is 3.20. The summed E-state index contributed by atoms with van der Waals surface area (Å²) in [5.41, 5.74) is 0. The van der Waals surface area contributed by atoms with E-state index >= 15 is 0 Å². The van der Waals surface area contributed by atoms with Crippen molar-refractivity contribution in [2.45, 2.75) is 38.0 Å². The summed E-state index contributed by atoms with van der Waals surface area (Å²) in [6.07, 6.45) is 1.72. The van der Waals surface area contributed by atoms with Gasteiger partial charge in [-0.15, -0.1) is 5.10 Å². The lowest BCUT2D eigenvalue weighted by molar-refractivity contribution is -0.134. The highest BCUT2D eigenvalue weighted by atomic mass is 16.5. The number of aliphatic hydroxyl groups excluding tert-OH is 1. The predicted molar refractivity (Wildman–Crippen MR) is 82.6 cm³/mol. The highest BCUT2D eigenvalue weighted by molar-refractivity contribution is 5.80. The third-order valence-corrected chi connectivity index (χ3v) is 4.19. The zero-order chi connectivity index (χ0) is 17.5. The smallest absolute Gasteiger partial charge is 0.225 e. The number of hydrogen-bond acceptors (Lipinski definition) is 7. The molecule has 0 spiro atoms. The van der Waals surface area contributed by atoms with E-state index in [0.29, 0.717) is 32.5 Å². The molecule has 1 aliphatic rings. The lowest BCUT2D eigenvalue weighted by Gasteiger charge is -2.20. The number of carbonyl (C=O) groups excluding carboxylic acids is 2. The molecule has 0 unspecified atom stereocenters. The Morgan fingerprint density at radius 2 is 2.25 bits per heavy atom. The summed E-state index contributed by atoms with van der Waals surface area (Å²) in [5, 5.41) is 23.6. The van der Waals surface area contributed by atoms with E-state index in [2.05, 4.69) is 20.8 Å². The Morgan fingerprint density at radius 3 is 2.92 bits per heavy atom. The van der Waals surface area contributed by atoms with Crippen LogP contribution in [0, 0.1) is 5.92 Å². The van der Waals surface area contributed by atoms with Crippen LogP contribution >= 0.6 is 0 Å². The molecule has 2 amide bonds. The first kappa shape index (κ1) is 18.3. The molecule has 0 saturated heterocycles. The molecule has 134 valence electrons. The van der Waals surface area contributed by atoms with E-state index in [1.807, 2.05) is 0 Å². The Hall–Kier alpha value is -2.07. The molecule has 0 bridgehead atoms. The Labute approximate surface area is 140 Å². The number of nitrogens with zero attached hydrogens (tertiary/aromatic N) is 5. The molecule has 2 N–H and O–H groups in total. The summed E-state index contributed by atoms with van der Waals surface area (Å²) in [5.74, 6) is -0.515. The number of methoxy groups -OCH3 is 1. The van der Waals surface area contributed by atoms with Gasteiger partial charge in [-0.2, -0.15) is 0 Å². The molecule has 10 heteroatoms. The minimum atomic E-state index is -0.716. The first-order chi connectivity index (χ1) is 11.5. The Kier molecular flexibility index (Phi) is 6.62. The molecule has 3 atom stereocenters. The van der Waals surface area contributed by atoms with E-state index < -0.39 is 12.1 Å². The largest absolute Gasteiger partial charge is 0.391 e. The van der Waals surface area contributed by atoms with E-state index in [-0.39, 0.29) is 24.2 Å². The molecule has 1 aromatic heterocycles. The Morgan fingerprint density at radius 1 is 1.46 bits per heavy atom. The van der Waals surface area contributed by atoms with Crippen molar-refractivity contribution in [1.82, 2.24) is 30.4 Å². The van der Waals surface area contributed by atoms with Crippen molar-refractivity contribution < 1.29 is 19.4 Å². The van der Waals surface area contributed by atoms with Gasteiger partial charge in [-0.3, -0.25) is 9.59 Å². The summed E-state index contributed by atoms with van der Waals surface area (Å²) in [4.78, 5) is 25.9. The van der Waals surface area contributed by atoms with Gasteiger partial charge in [0, 0.05) is 33.0 Å². The fourth-order valence-corrected chi connectivity index (χ4v) is 2.80. The number of nitrogens with one attached hydrogen (secondary N) is 1. The molecule has 24 heavy (non-hydrogen) atoms. The molecule has 10 nitrogen and oxygen atoms in total. The maximum atomic E-state index is 12.3. The van der Waals surface area contributed by atoms with Gasteiger partial charge in [-0.1, -0.05) is 0 Å². The number of aromatic nitrogens is 4. The number of likely N-dealkylation sites (N-methyl/N-ethyl adjacent to an activating group) is 1. The van der Waals surface area contributed by atoms with Gasteiger partial charge in [0.05, 0.1) is 25.3 Å². The van der Waals surface area contributed by atoms with E-state index in [1.54, 1.807) is 19.1 Å². The van der Waals surface area contributed by atoms with Crippen LogP contribution in [0.5, 0.6) is 0 Å². The SMILES string of the molecule is COCCN(C)C(=O)[C@@H]1C[C@@H](O)[C@H](NC(=O)CCn2cnnn2)C1. The molecular weight excluding hydrogens is 316 g/mol. The number of aryl methyl sites for hydroxylation is 1. The quantitative estimate of drug-likeness (QED) is 0.586. The fraction of sp³-hybridized carbons (Fsp3) is 0.786. The predicted octanol–water partition coefficient (Wildman–Crippen LogP) is -1.58. The van der Waals surface area contributed by atoms with Gasteiger partial charge >= 0.3 is 0 Å². The lowest BCUT2D eigenvalue weighted by Crippen LogP contribution is -2.40. The molecule has 0 radical (unpaired) electrons. The van der Waals surface area contributed by atoms with Crippen molar-refractivity contribution in [3.05, 3.63) is 6.33 Å². The molecule has 1 aliphatic carbocycles. The monoisotopic (exact) mass is 340 g/mol. The van der Waals surface area contributed by atoms with Gasteiger partial charge in [0.25, 0.3) is 0 Å². The van der Waals surface area contributed by atoms with Crippen LogP contribution in [0.4, 0.5) is 0 Å². The summed E-state index contributed by atoms with van der Waals surface area (Å²) in [7, 11) is 3.30. The van der Waals surface area contributed by atoms with Crippen molar-refractivity contribution in [2.24, 2.45) is 5.92 Å². The topological polar surface area (TPSA) is 122 Å². The van der Waals surface area contributed by atoms with Crippen molar-refractivity contribution in [2.75, 3.05) is 27.3 Å². The molecule has 2 rings (SSSR count). The van der Waals surface area contributed by atoms with Gasteiger partial charge < -0.3 is 20.1 Å². The summed E-state index contributed by atoms with van der Waals surface area (Å²) in [6.45, 7) is 1.34. The number of amides is 2. The maximum Gasteiger partial charge on any atom is 0.225 e. The Balaban J connectivity index is 1.77. The van der Waals surface area contributed by atoms with Gasteiger partial charge in [-0.05, 0) is 23.3 Å². The van der Waals surface area contributed by atoms with E-state index in [0.717, 1.165) is 0 Å². The van der Waals surface area contributed by atoms with Crippen LogP contribution in [0.1, 0.15) is 19.3 Å². The summed E-state index contributed by atoms with van der Waals surface area (Å²) < 4.78 is 6.42. The van der Waals surface area contributed by atoms with Crippen LogP contribution in [-0.2, 0) is 20.9 Å². The molecule has 1 saturated carbocycles. The van der Waals surface area contributed by atoms with Crippen LogP contribution < -0.4 is 5.32 Å². The molecule has 1 heterocycles. The van der Waals surface area contributed by atoms with Crippen LogP contribution in [0.15, 0.2) is 6.33 Å². The highest BCUT2D eigenvalue weighted by Crippen LogP contribution is 2.27.